The summed E-state index contributed by atoms with van der Waals surface area (Å²) in [5.41, 5.74) is 0.679. The summed E-state index contributed by atoms with van der Waals surface area (Å²) in [6, 6.07) is 1.77. The van der Waals surface area contributed by atoms with Gasteiger partial charge in [-0.15, -0.1) is 5.10 Å². The highest BCUT2D eigenvalue weighted by molar-refractivity contribution is 5.90. The van der Waals surface area contributed by atoms with Crippen molar-refractivity contribution in [3.05, 3.63) is 29.2 Å². The summed E-state index contributed by atoms with van der Waals surface area (Å²) in [6.45, 7) is 2.11. The fourth-order valence-electron chi connectivity index (χ4n) is 1.67. The molecule has 0 bridgehead atoms. The maximum absolute atomic E-state index is 11.8. The van der Waals surface area contributed by atoms with Crippen molar-refractivity contribution in [2.45, 2.75) is 32.2 Å². The lowest BCUT2D eigenvalue weighted by molar-refractivity contribution is 0.0940. The zero-order valence-corrected chi connectivity index (χ0v) is 9.93. The van der Waals surface area contributed by atoms with Crippen molar-refractivity contribution in [3.8, 4) is 0 Å². The number of hydrogen-bond donors (Lipinski definition) is 2. The van der Waals surface area contributed by atoms with Crippen molar-refractivity contribution in [2.75, 3.05) is 0 Å². The maximum atomic E-state index is 11.8. The highest BCUT2D eigenvalue weighted by Crippen LogP contribution is 2.37. The van der Waals surface area contributed by atoms with Gasteiger partial charge in [0.2, 0.25) is 5.82 Å². The molecule has 7 nitrogen and oxygen atoms in total. The summed E-state index contributed by atoms with van der Waals surface area (Å²) in [6.07, 6.45) is 2.24. The number of carbonyl (C=O) groups is 1. The van der Waals surface area contributed by atoms with E-state index in [4.69, 9.17) is 4.52 Å². The number of aryl methyl sites for hydroxylation is 1. The van der Waals surface area contributed by atoms with E-state index in [0.29, 0.717) is 23.9 Å². The Bertz CT molecular complexity index is 570. The predicted molar refractivity (Wildman–Crippen MR) is 60.8 cm³/mol. The Kier molecular flexibility index (Phi) is 2.58. The lowest BCUT2D eigenvalue weighted by Gasteiger charge is -1.97. The van der Waals surface area contributed by atoms with Crippen molar-refractivity contribution in [1.29, 1.82) is 0 Å². The quantitative estimate of drug-likeness (QED) is 0.837. The van der Waals surface area contributed by atoms with Crippen molar-refractivity contribution < 1.29 is 9.32 Å². The van der Waals surface area contributed by atoms with Gasteiger partial charge in [-0.1, -0.05) is 5.16 Å². The molecule has 0 aliphatic heterocycles. The number of hydrogen-bond acceptors (Lipinski definition) is 5. The Balaban J connectivity index is 1.59. The molecule has 7 heteroatoms. The highest BCUT2D eigenvalue weighted by Gasteiger charge is 2.28. The molecular formula is C11H13N5O2. The Labute approximate surface area is 103 Å². The molecule has 3 rings (SSSR count). The van der Waals surface area contributed by atoms with Gasteiger partial charge < -0.3 is 9.84 Å². The van der Waals surface area contributed by atoms with Crippen LogP contribution in [0.25, 0.3) is 0 Å². The monoisotopic (exact) mass is 247 g/mol. The summed E-state index contributed by atoms with van der Waals surface area (Å²) in [5.74, 6) is 1.85. The molecule has 1 amide bonds. The van der Waals surface area contributed by atoms with E-state index in [1.807, 2.05) is 0 Å². The Morgan fingerprint density at radius 2 is 2.44 bits per heavy atom. The van der Waals surface area contributed by atoms with Crippen LogP contribution in [0.1, 0.15) is 46.7 Å². The molecule has 2 aromatic heterocycles. The largest absolute Gasteiger partial charge is 0.361 e. The number of aromatic amines is 1. The first-order valence-electron chi connectivity index (χ1n) is 5.85. The number of rotatable bonds is 4. The molecule has 0 saturated heterocycles. The minimum atomic E-state index is -0.307. The van der Waals surface area contributed by atoms with E-state index >= 15 is 0 Å². The van der Waals surface area contributed by atoms with E-state index in [-0.39, 0.29) is 11.7 Å². The molecule has 0 atom stereocenters. The van der Waals surface area contributed by atoms with Crippen LogP contribution in [-0.2, 0) is 6.54 Å². The first-order chi connectivity index (χ1) is 8.72. The fraction of sp³-hybridized carbons (Fsp3) is 0.455. The lowest BCUT2D eigenvalue weighted by Crippen LogP contribution is -2.24. The van der Waals surface area contributed by atoms with E-state index < -0.39 is 0 Å². The van der Waals surface area contributed by atoms with Crippen LogP contribution >= 0.6 is 0 Å². The predicted octanol–water partition coefficient (Wildman–Crippen LogP) is 0.909. The molecule has 1 fully saturated rings. The Hall–Kier alpha value is -2.18. The van der Waals surface area contributed by atoms with E-state index in [2.05, 4.69) is 25.7 Å². The molecule has 94 valence electrons. The molecule has 2 heterocycles. The molecular weight excluding hydrogens is 234 g/mol. The zero-order valence-electron chi connectivity index (χ0n) is 9.93. The van der Waals surface area contributed by atoms with E-state index in [1.54, 1.807) is 13.0 Å². The van der Waals surface area contributed by atoms with Crippen LogP contribution in [0.5, 0.6) is 0 Å². The van der Waals surface area contributed by atoms with Crippen LogP contribution in [0.2, 0.25) is 0 Å². The average Bonchev–Trinajstić information content (AvgIpc) is 2.94. The van der Waals surface area contributed by atoms with Gasteiger partial charge >= 0.3 is 0 Å². The van der Waals surface area contributed by atoms with Crippen molar-refractivity contribution in [3.63, 3.8) is 0 Å². The molecule has 1 saturated carbocycles. The van der Waals surface area contributed by atoms with Crippen LogP contribution in [0.3, 0.4) is 0 Å². The molecule has 2 aromatic rings. The molecule has 1 aliphatic rings. The Morgan fingerprint density at radius 1 is 1.61 bits per heavy atom. The molecule has 0 unspecified atom stereocenters. The van der Waals surface area contributed by atoms with Crippen molar-refractivity contribution in [2.24, 2.45) is 0 Å². The standard InChI is InChI=1S/C11H13N5O2/c1-6-4-8(16-18-6)5-12-11(17)10-13-9(14-15-10)7-2-3-7/h4,7H,2-3,5H2,1H3,(H,12,17)(H,13,14,15). The summed E-state index contributed by atoms with van der Waals surface area (Å²) < 4.78 is 4.91. The number of H-pyrrole nitrogens is 1. The third-order valence-corrected chi connectivity index (χ3v) is 2.78. The summed E-state index contributed by atoms with van der Waals surface area (Å²) in [4.78, 5) is 15.9. The smallest absolute Gasteiger partial charge is 0.291 e. The molecule has 0 spiro atoms. The third-order valence-electron chi connectivity index (χ3n) is 2.78. The van der Waals surface area contributed by atoms with Crippen LogP contribution in [0, 0.1) is 6.92 Å². The highest BCUT2D eigenvalue weighted by atomic mass is 16.5. The topological polar surface area (TPSA) is 96.7 Å². The number of aromatic nitrogens is 4. The molecule has 18 heavy (non-hydrogen) atoms. The SMILES string of the molecule is Cc1cc(CNC(=O)c2n[nH]c(C3CC3)n2)no1. The molecule has 1 aliphatic carbocycles. The van der Waals surface area contributed by atoms with E-state index in [1.165, 1.54) is 0 Å². The van der Waals surface area contributed by atoms with Crippen molar-refractivity contribution in [1.82, 2.24) is 25.7 Å². The second kappa shape index (κ2) is 4.25. The van der Waals surface area contributed by atoms with Gasteiger partial charge in [0, 0.05) is 12.0 Å². The second-order valence-electron chi connectivity index (χ2n) is 4.43. The first kappa shape index (κ1) is 10.9. The van der Waals surface area contributed by atoms with Gasteiger partial charge in [0.15, 0.2) is 0 Å². The first-order valence-corrected chi connectivity index (χ1v) is 5.85. The molecule has 0 radical (unpaired) electrons. The average molecular weight is 247 g/mol. The number of carbonyl (C=O) groups excluding carboxylic acids is 1. The van der Waals surface area contributed by atoms with Crippen LogP contribution in [-0.4, -0.2) is 26.2 Å². The van der Waals surface area contributed by atoms with Gasteiger partial charge in [0.25, 0.3) is 5.91 Å². The lowest BCUT2D eigenvalue weighted by atomic mass is 10.3. The van der Waals surface area contributed by atoms with Gasteiger partial charge in [-0.2, -0.15) is 0 Å². The van der Waals surface area contributed by atoms with Gasteiger partial charge in [0.1, 0.15) is 17.3 Å². The number of amides is 1. The minimum Gasteiger partial charge on any atom is -0.361 e. The van der Waals surface area contributed by atoms with E-state index in [0.717, 1.165) is 18.7 Å². The Morgan fingerprint density at radius 3 is 3.11 bits per heavy atom. The van der Waals surface area contributed by atoms with Gasteiger partial charge in [-0.05, 0) is 19.8 Å². The van der Waals surface area contributed by atoms with Gasteiger partial charge in [-0.3, -0.25) is 9.89 Å². The van der Waals surface area contributed by atoms with Crippen LogP contribution in [0.15, 0.2) is 10.6 Å². The normalized spacial score (nSPS) is 14.7. The molecule has 2 N–H and O–H groups in total. The van der Waals surface area contributed by atoms with Gasteiger partial charge in [0.05, 0.1) is 6.54 Å². The van der Waals surface area contributed by atoms with Crippen LogP contribution < -0.4 is 5.32 Å². The van der Waals surface area contributed by atoms with Gasteiger partial charge in [-0.25, -0.2) is 4.98 Å². The molecule has 0 aromatic carbocycles. The minimum absolute atomic E-state index is 0.178. The second-order valence-corrected chi connectivity index (χ2v) is 4.43. The maximum Gasteiger partial charge on any atom is 0.291 e. The summed E-state index contributed by atoms with van der Waals surface area (Å²) >= 11 is 0. The third kappa shape index (κ3) is 2.24. The summed E-state index contributed by atoms with van der Waals surface area (Å²) in [5, 5.41) is 13.2. The van der Waals surface area contributed by atoms with Crippen molar-refractivity contribution >= 4 is 5.91 Å². The number of nitrogens with one attached hydrogen (secondary N) is 2. The fourth-order valence-corrected chi connectivity index (χ4v) is 1.67. The zero-order chi connectivity index (χ0) is 12.5. The van der Waals surface area contributed by atoms with Crippen LogP contribution in [0.4, 0.5) is 0 Å². The number of nitrogens with zero attached hydrogens (tertiary/aromatic N) is 3. The summed E-state index contributed by atoms with van der Waals surface area (Å²) in [7, 11) is 0. The van der Waals surface area contributed by atoms with E-state index in [9.17, 15) is 4.79 Å².